The van der Waals surface area contributed by atoms with E-state index in [4.69, 9.17) is 9.88 Å². The van der Waals surface area contributed by atoms with Crippen molar-refractivity contribution in [3.8, 4) is 0 Å². The summed E-state index contributed by atoms with van der Waals surface area (Å²) in [5.41, 5.74) is 0. The van der Waals surface area contributed by atoms with Crippen molar-refractivity contribution in [3.63, 3.8) is 0 Å². The first-order valence-electron chi connectivity index (χ1n) is 3.61. The molecule has 5 heteroatoms. The van der Waals surface area contributed by atoms with Crippen LogP contribution in [0.1, 0.15) is 13.3 Å². The Labute approximate surface area is 66.8 Å². The standard InChI is InChI=1S/C6H13NO3S/c1-5-4-10-3-2-6(5)11(7,8)9/h5-6H,2-4H2,1H3,(H2,7,8,9). The Kier molecular flexibility index (Phi) is 2.51. The van der Waals surface area contributed by atoms with E-state index in [-0.39, 0.29) is 5.92 Å². The van der Waals surface area contributed by atoms with Crippen LogP contribution in [-0.2, 0) is 14.8 Å². The lowest BCUT2D eigenvalue weighted by molar-refractivity contribution is 0.0637. The smallest absolute Gasteiger partial charge is 0.212 e. The molecule has 0 spiro atoms. The van der Waals surface area contributed by atoms with Crippen molar-refractivity contribution in [1.29, 1.82) is 0 Å². The Morgan fingerprint density at radius 2 is 2.18 bits per heavy atom. The minimum Gasteiger partial charge on any atom is -0.381 e. The molecule has 1 aliphatic rings. The van der Waals surface area contributed by atoms with E-state index in [0.29, 0.717) is 19.6 Å². The monoisotopic (exact) mass is 179 g/mol. The zero-order valence-corrected chi connectivity index (χ0v) is 7.30. The number of rotatable bonds is 1. The summed E-state index contributed by atoms with van der Waals surface area (Å²) >= 11 is 0. The molecule has 0 amide bonds. The number of hydrogen-bond acceptors (Lipinski definition) is 3. The van der Waals surface area contributed by atoms with Gasteiger partial charge in [0.2, 0.25) is 10.0 Å². The number of hydrogen-bond donors (Lipinski definition) is 1. The van der Waals surface area contributed by atoms with Gasteiger partial charge in [0, 0.05) is 6.61 Å². The normalized spacial score (nSPS) is 33.6. The Balaban J connectivity index is 2.70. The van der Waals surface area contributed by atoms with Gasteiger partial charge in [-0.1, -0.05) is 6.92 Å². The fraction of sp³-hybridized carbons (Fsp3) is 1.00. The minimum atomic E-state index is -3.36. The van der Waals surface area contributed by atoms with E-state index < -0.39 is 15.3 Å². The number of sulfonamides is 1. The second kappa shape index (κ2) is 3.08. The molecule has 66 valence electrons. The molecule has 0 aromatic carbocycles. The fourth-order valence-electron chi connectivity index (χ4n) is 1.35. The van der Waals surface area contributed by atoms with Crippen LogP contribution < -0.4 is 5.14 Å². The summed E-state index contributed by atoms with van der Waals surface area (Å²) in [5, 5.41) is 4.61. The number of ether oxygens (including phenoxy) is 1. The van der Waals surface area contributed by atoms with Crippen LogP contribution >= 0.6 is 0 Å². The van der Waals surface area contributed by atoms with Crippen LogP contribution in [0.4, 0.5) is 0 Å². The molecule has 2 atom stereocenters. The lowest BCUT2D eigenvalue weighted by atomic mass is 10.0. The van der Waals surface area contributed by atoms with Crippen LogP contribution in [0.15, 0.2) is 0 Å². The third-order valence-corrected chi connectivity index (χ3v) is 3.53. The van der Waals surface area contributed by atoms with E-state index >= 15 is 0 Å². The van der Waals surface area contributed by atoms with Crippen molar-refractivity contribution in [1.82, 2.24) is 0 Å². The topological polar surface area (TPSA) is 69.4 Å². The largest absolute Gasteiger partial charge is 0.381 e. The molecule has 0 saturated carbocycles. The predicted molar refractivity (Wildman–Crippen MR) is 41.5 cm³/mol. The number of nitrogens with two attached hydrogens (primary N) is 1. The highest BCUT2D eigenvalue weighted by Crippen LogP contribution is 2.19. The maximum absolute atomic E-state index is 10.9. The van der Waals surface area contributed by atoms with Crippen molar-refractivity contribution in [2.45, 2.75) is 18.6 Å². The minimum absolute atomic E-state index is 0.0266. The lowest BCUT2D eigenvalue weighted by Crippen LogP contribution is -2.40. The van der Waals surface area contributed by atoms with Crippen LogP contribution in [0.25, 0.3) is 0 Å². The average molecular weight is 179 g/mol. The molecule has 2 unspecified atom stereocenters. The molecule has 1 saturated heterocycles. The molecule has 11 heavy (non-hydrogen) atoms. The average Bonchev–Trinajstić information content (AvgIpc) is 1.86. The highest BCUT2D eigenvalue weighted by molar-refractivity contribution is 7.89. The van der Waals surface area contributed by atoms with Gasteiger partial charge < -0.3 is 4.74 Å². The highest BCUT2D eigenvalue weighted by Gasteiger charge is 2.30. The Morgan fingerprint density at radius 3 is 2.55 bits per heavy atom. The van der Waals surface area contributed by atoms with Gasteiger partial charge in [-0.15, -0.1) is 0 Å². The molecular formula is C6H13NO3S. The summed E-state index contributed by atoms with van der Waals surface area (Å²) in [7, 11) is -3.36. The van der Waals surface area contributed by atoms with Crippen LogP contribution in [0.2, 0.25) is 0 Å². The molecule has 1 rings (SSSR count). The van der Waals surface area contributed by atoms with Gasteiger partial charge >= 0.3 is 0 Å². The van der Waals surface area contributed by atoms with Crippen molar-refractivity contribution < 1.29 is 13.2 Å². The van der Waals surface area contributed by atoms with Gasteiger partial charge in [-0.2, -0.15) is 0 Å². The first-order valence-corrected chi connectivity index (χ1v) is 5.22. The van der Waals surface area contributed by atoms with Gasteiger partial charge in [-0.05, 0) is 12.3 Å². The second-order valence-corrected chi connectivity index (χ2v) is 4.75. The van der Waals surface area contributed by atoms with Crippen LogP contribution in [0, 0.1) is 5.92 Å². The summed E-state index contributed by atoms with van der Waals surface area (Å²) in [6.45, 7) is 2.85. The third-order valence-electron chi connectivity index (χ3n) is 1.98. The van der Waals surface area contributed by atoms with E-state index in [2.05, 4.69) is 0 Å². The molecule has 0 bridgehead atoms. The van der Waals surface area contributed by atoms with Crippen LogP contribution in [0.3, 0.4) is 0 Å². The van der Waals surface area contributed by atoms with Crippen molar-refractivity contribution in [2.75, 3.05) is 13.2 Å². The molecular weight excluding hydrogens is 166 g/mol. The predicted octanol–water partition coefficient (Wildman–Crippen LogP) is -0.300. The van der Waals surface area contributed by atoms with Gasteiger partial charge in [-0.25, -0.2) is 13.6 Å². The maximum atomic E-state index is 10.9. The molecule has 0 aromatic rings. The second-order valence-electron chi connectivity index (χ2n) is 2.97. The summed E-state index contributed by atoms with van der Waals surface area (Å²) in [4.78, 5) is 0. The summed E-state index contributed by atoms with van der Waals surface area (Å²) in [6.07, 6.45) is 0.528. The quantitative estimate of drug-likeness (QED) is 0.601. The molecule has 1 fully saturated rings. The zero-order valence-electron chi connectivity index (χ0n) is 6.49. The van der Waals surface area contributed by atoms with Gasteiger partial charge in [-0.3, -0.25) is 0 Å². The summed E-state index contributed by atoms with van der Waals surface area (Å²) in [5.74, 6) is 0.0266. The van der Waals surface area contributed by atoms with Gasteiger partial charge in [0.25, 0.3) is 0 Å². The molecule has 1 heterocycles. The molecule has 2 N–H and O–H groups in total. The SMILES string of the molecule is CC1COCCC1S(N)(=O)=O. The Hall–Kier alpha value is -0.130. The van der Waals surface area contributed by atoms with Gasteiger partial charge in [0.15, 0.2) is 0 Å². The summed E-state index contributed by atoms with van der Waals surface area (Å²) < 4.78 is 26.9. The van der Waals surface area contributed by atoms with Gasteiger partial charge in [0.05, 0.1) is 11.9 Å². The summed E-state index contributed by atoms with van der Waals surface area (Å²) in [6, 6.07) is 0. The molecule has 0 radical (unpaired) electrons. The van der Waals surface area contributed by atoms with E-state index in [1.54, 1.807) is 0 Å². The Morgan fingerprint density at radius 1 is 1.55 bits per heavy atom. The van der Waals surface area contributed by atoms with Crippen molar-refractivity contribution in [2.24, 2.45) is 11.1 Å². The fourth-order valence-corrected chi connectivity index (χ4v) is 2.50. The molecule has 4 nitrogen and oxygen atoms in total. The van der Waals surface area contributed by atoms with Crippen LogP contribution in [0.5, 0.6) is 0 Å². The molecule has 0 aliphatic carbocycles. The van der Waals surface area contributed by atoms with E-state index in [1.807, 2.05) is 6.92 Å². The maximum Gasteiger partial charge on any atom is 0.212 e. The lowest BCUT2D eigenvalue weighted by Gasteiger charge is -2.26. The molecule has 0 aromatic heterocycles. The first kappa shape index (κ1) is 8.96. The third kappa shape index (κ3) is 2.15. The van der Waals surface area contributed by atoms with Crippen molar-refractivity contribution >= 4 is 10.0 Å². The zero-order chi connectivity index (χ0) is 8.48. The van der Waals surface area contributed by atoms with Crippen molar-refractivity contribution in [3.05, 3.63) is 0 Å². The van der Waals surface area contributed by atoms with Gasteiger partial charge in [0.1, 0.15) is 0 Å². The van der Waals surface area contributed by atoms with Crippen LogP contribution in [-0.4, -0.2) is 26.9 Å². The van der Waals surface area contributed by atoms with E-state index in [0.717, 1.165) is 0 Å². The van der Waals surface area contributed by atoms with E-state index in [1.165, 1.54) is 0 Å². The number of primary sulfonamides is 1. The molecule has 1 aliphatic heterocycles. The highest BCUT2D eigenvalue weighted by atomic mass is 32.2. The van der Waals surface area contributed by atoms with E-state index in [9.17, 15) is 8.42 Å². The Bertz CT molecular complexity index is 224. The first-order chi connectivity index (χ1) is 5.02.